The summed E-state index contributed by atoms with van der Waals surface area (Å²) in [5, 5.41) is 3.03. The molecule has 0 atom stereocenters. The summed E-state index contributed by atoms with van der Waals surface area (Å²) in [7, 11) is 0. The van der Waals surface area contributed by atoms with Crippen molar-refractivity contribution in [2.24, 2.45) is 4.99 Å². The van der Waals surface area contributed by atoms with Crippen molar-refractivity contribution in [3.05, 3.63) is 122 Å². The van der Waals surface area contributed by atoms with E-state index in [1.165, 1.54) is 0 Å². The standard InChI is InChI=1S/C29H20I2N4O/c30-22-14-10-19(11-15-22)18-32-24-8-4-5-9-25(24)33-29(36)27-26(20-6-2-1-3-7-20)34-28(35-27)21-12-16-23(31)17-13-21/h1-18H,(H,33,36)(H,34,35). The number of imidazole rings is 1. The molecule has 0 aliphatic heterocycles. The van der Waals surface area contributed by atoms with Crippen LogP contribution in [0.25, 0.3) is 22.6 Å². The minimum absolute atomic E-state index is 0.282. The highest BCUT2D eigenvalue weighted by molar-refractivity contribution is 14.1. The highest BCUT2D eigenvalue weighted by Crippen LogP contribution is 2.29. The molecule has 176 valence electrons. The van der Waals surface area contributed by atoms with Crippen LogP contribution in [0.5, 0.6) is 0 Å². The minimum atomic E-state index is -0.282. The molecule has 0 saturated heterocycles. The van der Waals surface area contributed by atoms with Gasteiger partial charge in [0.1, 0.15) is 17.2 Å². The zero-order valence-electron chi connectivity index (χ0n) is 19.0. The number of anilines is 1. The molecule has 5 rings (SSSR count). The number of hydrogen-bond acceptors (Lipinski definition) is 3. The topological polar surface area (TPSA) is 70.1 Å². The lowest BCUT2D eigenvalue weighted by Crippen LogP contribution is -2.13. The Kier molecular flexibility index (Phi) is 7.57. The molecular weight excluding hydrogens is 674 g/mol. The molecule has 0 radical (unpaired) electrons. The van der Waals surface area contributed by atoms with Crippen LogP contribution in [0.1, 0.15) is 16.1 Å². The van der Waals surface area contributed by atoms with E-state index in [9.17, 15) is 4.79 Å². The molecular formula is C29H20I2N4O. The van der Waals surface area contributed by atoms with Gasteiger partial charge in [-0.3, -0.25) is 9.79 Å². The number of hydrogen-bond donors (Lipinski definition) is 2. The predicted octanol–water partition coefficient (Wildman–Crippen LogP) is 7.96. The molecule has 0 spiro atoms. The van der Waals surface area contributed by atoms with E-state index < -0.39 is 0 Å². The normalized spacial score (nSPS) is 11.1. The number of halogens is 2. The van der Waals surface area contributed by atoms with Crippen LogP contribution in [0.2, 0.25) is 0 Å². The molecule has 0 aliphatic rings. The van der Waals surface area contributed by atoms with E-state index in [-0.39, 0.29) is 5.91 Å². The number of benzene rings is 4. The summed E-state index contributed by atoms with van der Waals surface area (Å²) in [6.07, 6.45) is 1.79. The van der Waals surface area contributed by atoms with Crippen molar-refractivity contribution in [1.82, 2.24) is 9.97 Å². The fourth-order valence-electron chi connectivity index (χ4n) is 3.66. The molecule has 0 unspecified atom stereocenters. The lowest BCUT2D eigenvalue weighted by atomic mass is 10.1. The summed E-state index contributed by atoms with van der Waals surface area (Å²) < 4.78 is 2.29. The van der Waals surface area contributed by atoms with Crippen LogP contribution in [0.4, 0.5) is 11.4 Å². The van der Waals surface area contributed by atoms with Gasteiger partial charge in [0.15, 0.2) is 0 Å². The SMILES string of the molecule is O=C(Nc1ccccc1N=Cc1ccc(I)cc1)c1[nH]c(-c2ccc(I)cc2)nc1-c1ccccc1. The van der Waals surface area contributed by atoms with Gasteiger partial charge < -0.3 is 10.3 Å². The first-order valence-corrected chi connectivity index (χ1v) is 13.3. The summed E-state index contributed by atoms with van der Waals surface area (Å²) in [6.45, 7) is 0. The first-order valence-electron chi connectivity index (χ1n) is 11.2. The number of para-hydroxylation sites is 2. The first kappa shape index (κ1) is 24.4. The van der Waals surface area contributed by atoms with Crippen molar-refractivity contribution < 1.29 is 4.79 Å². The molecule has 1 amide bonds. The number of amides is 1. The summed E-state index contributed by atoms with van der Waals surface area (Å²) in [6, 6.07) is 33.3. The van der Waals surface area contributed by atoms with E-state index in [1.807, 2.05) is 103 Å². The third-order valence-electron chi connectivity index (χ3n) is 5.47. The van der Waals surface area contributed by atoms with Gasteiger partial charge in [-0.05, 0) is 87.1 Å². The zero-order valence-corrected chi connectivity index (χ0v) is 23.3. The highest BCUT2D eigenvalue weighted by atomic mass is 127. The second-order valence-corrected chi connectivity index (χ2v) is 10.5. The van der Waals surface area contributed by atoms with Gasteiger partial charge in [-0.2, -0.15) is 0 Å². The number of carbonyl (C=O) groups excluding carboxylic acids is 1. The van der Waals surface area contributed by atoms with E-state index >= 15 is 0 Å². The van der Waals surface area contributed by atoms with Crippen LogP contribution < -0.4 is 5.32 Å². The van der Waals surface area contributed by atoms with Gasteiger partial charge in [0.2, 0.25) is 0 Å². The Bertz CT molecular complexity index is 1530. The van der Waals surface area contributed by atoms with Gasteiger partial charge in [-0.25, -0.2) is 4.98 Å². The third kappa shape index (κ3) is 5.73. The summed E-state index contributed by atoms with van der Waals surface area (Å²) >= 11 is 4.54. The van der Waals surface area contributed by atoms with Gasteiger partial charge in [0.25, 0.3) is 5.91 Å². The number of carbonyl (C=O) groups is 1. The predicted molar refractivity (Wildman–Crippen MR) is 163 cm³/mol. The quantitative estimate of drug-likeness (QED) is 0.140. The van der Waals surface area contributed by atoms with E-state index in [1.54, 1.807) is 6.21 Å². The Morgan fingerprint density at radius 3 is 2.14 bits per heavy atom. The Morgan fingerprint density at radius 1 is 0.778 bits per heavy atom. The number of nitrogens with zero attached hydrogens (tertiary/aromatic N) is 2. The van der Waals surface area contributed by atoms with Gasteiger partial charge >= 0.3 is 0 Å². The van der Waals surface area contributed by atoms with Crippen LogP contribution in [-0.2, 0) is 0 Å². The molecule has 1 aromatic heterocycles. The Balaban J connectivity index is 1.48. The number of aromatic amines is 1. The van der Waals surface area contributed by atoms with E-state index in [4.69, 9.17) is 4.98 Å². The van der Waals surface area contributed by atoms with Crippen LogP contribution in [0, 0.1) is 7.14 Å². The van der Waals surface area contributed by atoms with E-state index in [2.05, 4.69) is 60.5 Å². The largest absolute Gasteiger partial charge is 0.333 e. The number of H-pyrrole nitrogens is 1. The molecule has 5 nitrogen and oxygen atoms in total. The zero-order chi connectivity index (χ0) is 24.9. The Morgan fingerprint density at radius 2 is 1.42 bits per heavy atom. The number of aromatic nitrogens is 2. The van der Waals surface area contributed by atoms with Crippen molar-refractivity contribution in [2.75, 3.05) is 5.32 Å². The number of nitrogens with one attached hydrogen (secondary N) is 2. The average molecular weight is 694 g/mol. The minimum Gasteiger partial charge on any atom is -0.333 e. The summed E-state index contributed by atoms with van der Waals surface area (Å²) in [5.41, 5.74) is 5.04. The number of rotatable bonds is 6. The van der Waals surface area contributed by atoms with Gasteiger partial charge in [-0.1, -0.05) is 66.7 Å². The summed E-state index contributed by atoms with van der Waals surface area (Å²) in [4.78, 5) is 26.2. The van der Waals surface area contributed by atoms with Crippen LogP contribution in [0.15, 0.2) is 108 Å². The van der Waals surface area contributed by atoms with Gasteiger partial charge in [0, 0.05) is 24.5 Å². The van der Waals surface area contributed by atoms with Crippen LogP contribution >= 0.6 is 45.2 Å². The molecule has 0 aliphatic carbocycles. The van der Waals surface area contributed by atoms with E-state index in [0.29, 0.717) is 28.6 Å². The first-order chi connectivity index (χ1) is 17.6. The maximum Gasteiger partial charge on any atom is 0.274 e. The van der Waals surface area contributed by atoms with Gasteiger partial charge in [0.05, 0.1) is 11.4 Å². The monoisotopic (exact) mass is 694 g/mol. The molecule has 7 heteroatoms. The van der Waals surface area contributed by atoms with Crippen LogP contribution in [-0.4, -0.2) is 22.1 Å². The average Bonchev–Trinajstić information content (AvgIpc) is 3.36. The lowest BCUT2D eigenvalue weighted by Gasteiger charge is -2.08. The molecule has 5 aromatic rings. The van der Waals surface area contributed by atoms with Crippen molar-refractivity contribution >= 4 is 68.7 Å². The highest BCUT2D eigenvalue weighted by Gasteiger charge is 2.20. The fourth-order valence-corrected chi connectivity index (χ4v) is 4.38. The van der Waals surface area contributed by atoms with Crippen molar-refractivity contribution in [1.29, 1.82) is 0 Å². The molecule has 2 N–H and O–H groups in total. The smallest absolute Gasteiger partial charge is 0.274 e. The van der Waals surface area contributed by atoms with Crippen LogP contribution in [0.3, 0.4) is 0 Å². The van der Waals surface area contributed by atoms with Crippen molar-refractivity contribution in [3.63, 3.8) is 0 Å². The molecule has 0 bridgehead atoms. The Labute approximate surface area is 236 Å². The maximum atomic E-state index is 13.5. The molecule has 36 heavy (non-hydrogen) atoms. The van der Waals surface area contributed by atoms with Gasteiger partial charge in [-0.15, -0.1) is 0 Å². The molecule has 0 fully saturated rings. The number of aliphatic imine (C=N–C) groups is 1. The summed E-state index contributed by atoms with van der Waals surface area (Å²) in [5.74, 6) is 0.357. The van der Waals surface area contributed by atoms with Crippen molar-refractivity contribution in [2.45, 2.75) is 0 Å². The molecule has 0 saturated carbocycles. The lowest BCUT2D eigenvalue weighted by molar-refractivity contribution is 0.102. The second-order valence-electron chi connectivity index (χ2n) is 7.96. The van der Waals surface area contributed by atoms with Crippen molar-refractivity contribution in [3.8, 4) is 22.6 Å². The van der Waals surface area contributed by atoms with E-state index in [0.717, 1.165) is 23.8 Å². The third-order valence-corrected chi connectivity index (χ3v) is 6.91. The second kappa shape index (κ2) is 11.2. The fraction of sp³-hybridized carbons (Fsp3) is 0. The molecule has 4 aromatic carbocycles. The maximum absolute atomic E-state index is 13.5. The Hall–Kier alpha value is -3.31. The molecule has 1 heterocycles.